The average molecular weight is 326 g/mol. The van der Waals surface area contributed by atoms with Crippen LogP contribution in [0.5, 0.6) is 5.75 Å². The number of hydrogen-bond donors (Lipinski definition) is 0. The lowest BCUT2D eigenvalue weighted by Crippen LogP contribution is -2.10. The number of hydrogen-bond acceptors (Lipinski definition) is 4. The van der Waals surface area contributed by atoms with Gasteiger partial charge in [0.2, 0.25) is 0 Å². The lowest BCUT2D eigenvalue weighted by Gasteiger charge is -2.08. The molecule has 0 amide bonds. The molecule has 0 saturated heterocycles. The number of carbonyl (C=O) groups excluding carboxylic acids is 1. The van der Waals surface area contributed by atoms with E-state index in [1.54, 1.807) is 24.3 Å². The molecule has 0 fully saturated rings. The maximum atomic E-state index is 12.4. The van der Waals surface area contributed by atoms with Crippen LogP contribution in [0.15, 0.2) is 71.6 Å². The van der Waals surface area contributed by atoms with Crippen LogP contribution in [-0.2, 0) is 10.1 Å². The number of rotatable bonds is 4. The van der Waals surface area contributed by atoms with Crippen molar-refractivity contribution in [1.29, 1.82) is 0 Å². The Morgan fingerprint density at radius 1 is 0.870 bits per heavy atom. The lowest BCUT2D eigenvalue weighted by atomic mass is 10.1. The molecule has 0 aromatic heterocycles. The van der Waals surface area contributed by atoms with Gasteiger partial charge in [0.1, 0.15) is 10.6 Å². The van der Waals surface area contributed by atoms with Gasteiger partial charge in [0, 0.05) is 5.56 Å². The third-order valence-electron chi connectivity index (χ3n) is 3.46. The molecule has 0 N–H and O–H groups in total. The molecule has 116 valence electrons. The zero-order chi connectivity index (χ0) is 16.4. The van der Waals surface area contributed by atoms with E-state index < -0.39 is 10.1 Å². The van der Waals surface area contributed by atoms with E-state index in [1.807, 2.05) is 24.3 Å². The molecule has 0 heterocycles. The quantitative estimate of drug-likeness (QED) is 0.540. The summed E-state index contributed by atoms with van der Waals surface area (Å²) in [6.45, 7) is 1.41. The maximum Gasteiger partial charge on any atom is 0.339 e. The summed E-state index contributed by atoms with van der Waals surface area (Å²) in [5.41, 5.74) is 0.399. The second kappa shape index (κ2) is 5.85. The van der Waals surface area contributed by atoms with Crippen LogP contribution in [0.4, 0.5) is 0 Å². The van der Waals surface area contributed by atoms with Gasteiger partial charge in [0.15, 0.2) is 5.78 Å². The Bertz CT molecular complexity index is 991. The number of ketones is 1. The van der Waals surface area contributed by atoms with Crippen LogP contribution in [0.3, 0.4) is 0 Å². The zero-order valence-corrected chi connectivity index (χ0v) is 13.2. The van der Waals surface area contributed by atoms with Crippen molar-refractivity contribution >= 4 is 26.7 Å². The molecular weight excluding hydrogens is 312 g/mol. The SMILES string of the molecule is CC(=O)c1cccc(OS(=O)(=O)c2ccc3ccccc3c2)c1. The highest BCUT2D eigenvalue weighted by atomic mass is 32.2. The fourth-order valence-electron chi connectivity index (χ4n) is 2.26. The van der Waals surface area contributed by atoms with Gasteiger partial charge in [-0.1, -0.05) is 42.5 Å². The van der Waals surface area contributed by atoms with Crippen LogP contribution in [0.2, 0.25) is 0 Å². The first kappa shape index (κ1) is 15.2. The Labute approximate surface area is 134 Å². The Kier molecular flexibility index (Phi) is 3.88. The normalized spacial score (nSPS) is 11.3. The molecule has 3 aromatic carbocycles. The molecule has 0 unspecified atom stereocenters. The third-order valence-corrected chi connectivity index (χ3v) is 4.70. The molecule has 3 aromatic rings. The molecule has 0 spiro atoms. The van der Waals surface area contributed by atoms with Gasteiger partial charge in [-0.25, -0.2) is 0 Å². The molecular formula is C18H14O4S. The number of carbonyl (C=O) groups is 1. The average Bonchev–Trinajstić information content (AvgIpc) is 2.54. The van der Waals surface area contributed by atoms with Gasteiger partial charge >= 0.3 is 10.1 Å². The zero-order valence-electron chi connectivity index (χ0n) is 12.4. The molecule has 23 heavy (non-hydrogen) atoms. The van der Waals surface area contributed by atoms with E-state index in [1.165, 1.54) is 25.1 Å². The second-order valence-electron chi connectivity index (χ2n) is 5.13. The van der Waals surface area contributed by atoms with E-state index >= 15 is 0 Å². The maximum absolute atomic E-state index is 12.4. The topological polar surface area (TPSA) is 60.4 Å². The van der Waals surface area contributed by atoms with E-state index in [0.717, 1.165) is 10.8 Å². The van der Waals surface area contributed by atoms with E-state index in [-0.39, 0.29) is 16.4 Å². The first-order chi connectivity index (χ1) is 11.0. The van der Waals surface area contributed by atoms with Crippen molar-refractivity contribution in [2.24, 2.45) is 0 Å². The Morgan fingerprint density at radius 3 is 2.35 bits per heavy atom. The molecule has 0 saturated carbocycles. The van der Waals surface area contributed by atoms with Gasteiger partial charge < -0.3 is 4.18 Å². The fourth-order valence-corrected chi connectivity index (χ4v) is 3.22. The molecule has 0 radical (unpaired) electrons. The monoisotopic (exact) mass is 326 g/mol. The third kappa shape index (κ3) is 3.24. The van der Waals surface area contributed by atoms with Crippen molar-refractivity contribution in [1.82, 2.24) is 0 Å². The minimum absolute atomic E-state index is 0.0735. The van der Waals surface area contributed by atoms with E-state index in [2.05, 4.69) is 0 Å². The lowest BCUT2D eigenvalue weighted by molar-refractivity contribution is 0.101. The first-order valence-corrected chi connectivity index (χ1v) is 8.41. The summed E-state index contributed by atoms with van der Waals surface area (Å²) in [6, 6.07) is 18.4. The summed E-state index contributed by atoms with van der Waals surface area (Å²) < 4.78 is 30.0. The van der Waals surface area contributed by atoms with Gasteiger partial charge in [0.25, 0.3) is 0 Å². The van der Waals surface area contributed by atoms with Gasteiger partial charge in [-0.05, 0) is 42.0 Å². The van der Waals surface area contributed by atoms with Crippen molar-refractivity contribution in [2.75, 3.05) is 0 Å². The minimum atomic E-state index is -3.96. The molecule has 0 aliphatic heterocycles. The molecule has 0 bridgehead atoms. The summed E-state index contributed by atoms with van der Waals surface area (Å²) in [7, 11) is -3.96. The van der Waals surface area contributed by atoms with Crippen molar-refractivity contribution in [2.45, 2.75) is 11.8 Å². The Morgan fingerprint density at radius 2 is 1.61 bits per heavy atom. The largest absolute Gasteiger partial charge is 0.379 e. The van der Waals surface area contributed by atoms with Crippen LogP contribution in [0, 0.1) is 0 Å². The van der Waals surface area contributed by atoms with Gasteiger partial charge in [0.05, 0.1) is 0 Å². The molecule has 4 nitrogen and oxygen atoms in total. The van der Waals surface area contributed by atoms with Gasteiger partial charge in [-0.15, -0.1) is 0 Å². The summed E-state index contributed by atoms with van der Waals surface area (Å²) in [6.07, 6.45) is 0. The Hall–Kier alpha value is -2.66. The number of fused-ring (bicyclic) bond motifs is 1. The molecule has 3 rings (SSSR count). The van der Waals surface area contributed by atoms with Crippen LogP contribution in [0.25, 0.3) is 10.8 Å². The summed E-state index contributed by atoms with van der Waals surface area (Å²) in [5.74, 6) is -0.0376. The second-order valence-corrected chi connectivity index (χ2v) is 6.68. The molecule has 0 aliphatic rings. The predicted molar refractivity (Wildman–Crippen MR) is 88.2 cm³/mol. The molecule has 0 aliphatic carbocycles. The van der Waals surface area contributed by atoms with Crippen molar-refractivity contribution in [3.63, 3.8) is 0 Å². The van der Waals surface area contributed by atoms with Crippen LogP contribution >= 0.6 is 0 Å². The highest BCUT2D eigenvalue weighted by Gasteiger charge is 2.17. The van der Waals surface area contributed by atoms with Crippen molar-refractivity contribution in [3.8, 4) is 5.75 Å². The predicted octanol–water partition coefficient (Wildman–Crippen LogP) is 3.81. The van der Waals surface area contributed by atoms with E-state index in [4.69, 9.17) is 4.18 Å². The molecule has 0 atom stereocenters. The summed E-state index contributed by atoms with van der Waals surface area (Å²) in [4.78, 5) is 11.4. The van der Waals surface area contributed by atoms with E-state index in [0.29, 0.717) is 5.56 Å². The highest BCUT2D eigenvalue weighted by Crippen LogP contribution is 2.23. The summed E-state index contributed by atoms with van der Waals surface area (Å²) >= 11 is 0. The minimum Gasteiger partial charge on any atom is -0.379 e. The van der Waals surface area contributed by atoms with E-state index in [9.17, 15) is 13.2 Å². The highest BCUT2D eigenvalue weighted by molar-refractivity contribution is 7.87. The standard InChI is InChI=1S/C18H14O4S/c1-13(19)15-7-4-8-17(11-15)22-23(20,21)18-10-9-14-5-2-3-6-16(14)12-18/h2-12H,1H3. The summed E-state index contributed by atoms with van der Waals surface area (Å²) in [5, 5.41) is 1.76. The number of Topliss-reactive ketones (excluding diaryl/α,β-unsaturated/α-hetero) is 1. The van der Waals surface area contributed by atoms with Crippen LogP contribution in [0.1, 0.15) is 17.3 Å². The Balaban J connectivity index is 1.97. The van der Waals surface area contributed by atoms with Crippen LogP contribution in [-0.4, -0.2) is 14.2 Å². The number of benzene rings is 3. The van der Waals surface area contributed by atoms with Crippen molar-refractivity contribution < 1.29 is 17.4 Å². The van der Waals surface area contributed by atoms with Gasteiger partial charge in [-0.2, -0.15) is 8.42 Å². The van der Waals surface area contributed by atoms with Gasteiger partial charge in [-0.3, -0.25) is 4.79 Å². The first-order valence-electron chi connectivity index (χ1n) is 7.00. The van der Waals surface area contributed by atoms with Crippen LogP contribution < -0.4 is 4.18 Å². The fraction of sp³-hybridized carbons (Fsp3) is 0.0556. The molecule has 5 heteroatoms. The van der Waals surface area contributed by atoms with Crippen molar-refractivity contribution in [3.05, 3.63) is 72.3 Å². The smallest absolute Gasteiger partial charge is 0.339 e.